The van der Waals surface area contributed by atoms with Gasteiger partial charge in [-0.2, -0.15) is 0 Å². The van der Waals surface area contributed by atoms with E-state index in [-0.39, 0.29) is 11.4 Å². The van der Waals surface area contributed by atoms with Gasteiger partial charge in [0.2, 0.25) is 5.91 Å². The smallest absolute Gasteiger partial charge is 0.264 e. The quantitative estimate of drug-likeness (QED) is 0.326. The molecule has 0 heterocycles. The molecule has 33 heavy (non-hydrogen) atoms. The van der Waals surface area contributed by atoms with Crippen LogP contribution in [-0.4, -0.2) is 33.2 Å². The molecule has 174 valence electrons. The molecule has 0 aromatic heterocycles. The molecule has 0 radical (unpaired) electrons. The summed E-state index contributed by atoms with van der Waals surface area (Å²) in [5.41, 5.74) is 2.55. The second-order valence-corrected chi connectivity index (χ2v) is 10.7. The number of carbonyl (C=O) groups excluding carboxylic acids is 1. The van der Waals surface area contributed by atoms with Gasteiger partial charge < -0.3 is 5.32 Å². The highest BCUT2D eigenvalue weighted by atomic mass is 32.2. The van der Waals surface area contributed by atoms with Gasteiger partial charge in [-0.05, 0) is 74.6 Å². The van der Waals surface area contributed by atoms with Crippen LogP contribution in [0.1, 0.15) is 17.5 Å². The van der Waals surface area contributed by atoms with E-state index in [4.69, 9.17) is 0 Å². The fraction of sp³-hybridized carbons (Fsp3) is 0.240. The highest BCUT2D eigenvalue weighted by molar-refractivity contribution is 7.99. The van der Waals surface area contributed by atoms with Crippen LogP contribution in [0, 0.1) is 19.7 Å². The van der Waals surface area contributed by atoms with E-state index in [1.54, 1.807) is 36.0 Å². The number of nitrogens with zero attached hydrogens (tertiary/aromatic N) is 1. The van der Waals surface area contributed by atoms with Crippen molar-refractivity contribution in [3.8, 4) is 0 Å². The topological polar surface area (TPSA) is 66.5 Å². The minimum absolute atomic E-state index is 0.0771. The van der Waals surface area contributed by atoms with Crippen LogP contribution < -0.4 is 9.62 Å². The number of aryl methyl sites for hydroxylation is 2. The van der Waals surface area contributed by atoms with Crippen molar-refractivity contribution in [2.45, 2.75) is 30.1 Å². The van der Waals surface area contributed by atoms with E-state index < -0.39 is 21.7 Å². The minimum atomic E-state index is -4.05. The molecule has 3 aromatic rings. The molecule has 0 saturated heterocycles. The Balaban J connectivity index is 1.63. The molecule has 0 aliphatic carbocycles. The normalized spacial score (nSPS) is 11.2. The Kier molecular flexibility index (Phi) is 8.52. The van der Waals surface area contributed by atoms with E-state index in [1.807, 2.05) is 13.8 Å². The molecule has 0 saturated carbocycles. The van der Waals surface area contributed by atoms with Gasteiger partial charge in [0.25, 0.3) is 10.0 Å². The SMILES string of the molecule is Cc1ccc(SCCCNC(=O)CN(c2ccc(C)cc2)S(=O)(=O)c2ccc(F)cc2)cc1. The Morgan fingerprint density at radius 1 is 0.909 bits per heavy atom. The summed E-state index contributed by atoms with van der Waals surface area (Å²) in [6.07, 6.45) is 0.750. The standard InChI is InChI=1S/C25H27FN2O3S2/c1-19-4-10-22(11-5-19)28(33(30,31)24-14-8-21(26)9-15-24)18-25(29)27-16-3-17-32-23-12-6-20(2)7-13-23/h4-15H,3,16-18H2,1-2H3,(H,27,29). The molecule has 1 amide bonds. The first-order valence-electron chi connectivity index (χ1n) is 10.6. The molecule has 1 N–H and O–H groups in total. The number of nitrogens with one attached hydrogen (secondary N) is 1. The van der Waals surface area contributed by atoms with Gasteiger partial charge >= 0.3 is 0 Å². The fourth-order valence-electron chi connectivity index (χ4n) is 3.07. The molecule has 0 aliphatic rings. The van der Waals surface area contributed by atoms with Crippen LogP contribution in [0.5, 0.6) is 0 Å². The molecule has 8 heteroatoms. The fourth-order valence-corrected chi connectivity index (χ4v) is 5.34. The van der Waals surface area contributed by atoms with Crippen molar-refractivity contribution in [2.24, 2.45) is 0 Å². The van der Waals surface area contributed by atoms with E-state index in [0.717, 1.165) is 34.2 Å². The molecule has 5 nitrogen and oxygen atoms in total. The van der Waals surface area contributed by atoms with Crippen LogP contribution in [0.25, 0.3) is 0 Å². The van der Waals surface area contributed by atoms with E-state index in [1.165, 1.54) is 22.6 Å². The molecule has 0 spiro atoms. The van der Waals surface area contributed by atoms with Crippen molar-refractivity contribution in [1.82, 2.24) is 5.32 Å². The zero-order valence-electron chi connectivity index (χ0n) is 18.6. The summed E-state index contributed by atoms with van der Waals surface area (Å²) in [6, 6.07) is 19.7. The monoisotopic (exact) mass is 486 g/mol. The van der Waals surface area contributed by atoms with Crippen LogP contribution in [0.15, 0.2) is 82.6 Å². The number of amides is 1. The number of benzene rings is 3. The lowest BCUT2D eigenvalue weighted by atomic mass is 10.2. The van der Waals surface area contributed by atoms with Gasteiger partial charge in [0.1, 0.15) is 12.4 Å². The highest BCUT2D eigenvalue weighted by Gasteiger charge is 2.27. The van der Waals surface area contributed by atoms with Crippen molar-refractivity contribution < 1.29 is 17.6 Å². The van der Waals surface area contributed by atoms with Gasteiger partial charge in [0.05, 0.1) is 10.6 Å². The lowest BCUT2D eigenvalue weighted by Crippen LogP contribution is -2.41. The second-order valence-electron chi connectivity index (χ2n) is 7.67. The van der Waals surface area contributed by atoms with Gasteiger partial charge in [-0.1, -0.05) is 35.4 Å². The van der Waals surface area contributed by atoms with E-state index in [2.05, 4.69) is 29.6 Å². The van der Waals surface area contributed by atoms with Gasteiger partial charge in [-0.15, -0.1) is 11.8 Å². The number of carbonyl (C=O) groups is 1. The third kappa shape index (κ3) is 7.07. The maximum Gasteiger partial charge on any atom is 0.264 e. The number of sulfonamides is 1. The Morgan fingerprint density at radius 3 is 2.09 bits per heavy atom. The van der Waals surface area contributed by atoms with Crippen LogP contribution in [0.2, 0.25) is 0 Å². The van der Waals surface area contributed by atoms with Crippen molar-refractivity contribution in [1.29, 1.82) is 0 Å². The lowest BCUT2D eigenvalue weighted by molar-refractivity contribution is -0.119. The number of hydrogen-bond donors (Lipinski definition) is 1. The minimum Gasteiger partial charge on any atom is -0.354 e. The maximum atomic E-state index is 13.3. The maximum absolute atomic E-state index is 13.3. The number of anilines is 1. The molecular formula is C25H27FN2O3S2. The summed E-state index contributed by atoms with van der Waals surface area (Å²) in [5.74, 6) is -0.0995. The largest absolute Gasteiger partial charge is 0.354 e. The summed E-state index contributed by atoms with van der Waals surface area (Å²) in [6.45, 7) is 4.01. The van der Waals surface area contributed by atoms with Gasteiger partial charge in [-0.25, -0.2) is 12.8 Å². The van der Waals surface area contributed by atoms with Crippen LogP contribution in [-0.2, 0) is 14.8 Å². The summed E-state index contributed by atoms with van der Waals surface area (Å²) >= 11 is 1.71. The predicted octanol–water partition coefficient (Wildman–Crippen LogP) is 4.94. The molecule has 3 aromatic carbocycles. The highest BCUT2D eigenvalue weighted by Crippen LogP contribution is 2.24. The molecule has 3 rings (SSSR count). The lowest BCUT2D eigenvalue weighted by Gasteiger charge is -2.24. The zero-order valence-corrected chi connectivity index (χ0v) is 20.3. The van der Waals surface area contributed by atoms with E-state index in [0.29, 0.717) is 12.2 Å². The Bertz CT molecular complexity index is 1160. The van der Waals surface area contributed by atoms with Crippen molar-refractivity contribution in [3.05, 3.63) is 89.7 Å². The van der Waals surface area contributed by atoms with Gasteiger partial charge in [0.15, 0.2) is 0 Å². The average Bonchev–Trinajstić information content (AvgIpc) is 2.79. The molecule has 0 fully saturated rings. The Labute approximate surface area is 199 Å². The van der Waals surface area contributed by atoms with Crippen LogP contribution >= 0.6 is 11.8 Å². The number of thioether (sulfide) groups is 1. The summed E-state index contributed by atoms with van der Waals surface area (Å²) in [4.78, 5) is 13.7. The van der Waals surface area contributed by atoms with E-state index in [9.17, 15) is 17.6 Å². The first-order valence-corrected chi connectivity index (χ1v) is 13.0. The zero-order chi connectivity index (χ0) is 23.8. The van der Waals surface area contributed by atoms with Crippen LogP contribution in [0.3, 0.4) is 0 Å². The third-order valence-electron chi connectivity index (χ3n) is 4.94. The third-order valence-corrected chi connectivity index (χ3v) is 7.83. The predicted molar refractivity (Wildman–Crippen MR) is 132 cm³/mol. The first-order chi connectivity index (χ1) is 15.8. The van der Waals surface area contributed by atoms with Gasteiger partial charge in [-0.3, -0.25) is 9.10 Å². The van der Waals surface area contributed by atoms with Crippen molar-refractivity contribution in [2.75, 3.05) is 23.1 Å². The van der Waals surface area contributed by atoms with Crippen molar-refractivity contribution in [3.63, 3.8) is 0 Å². The Morgan fingerprint density at radius 2 is 1.48 bits per heavy atom. The van der Waals surface area contributed by atoms with E-state index >= 15 is 0 Å². The van der Waals surface area contributed by atoms with Crippen molar-refractivity contribution >= 4 is 33.4 Å². The molecule has 0 aliphatic heterocycles. The van der Waals surface area contributed by atoms with Gasteiger partial charge in [0, 0.05) is 11.4 Å². The second kappa shape index (κ2) is 11.3. The van der Waals surface area contributed by atoms with Crippen LogP contribution in [0.4, 0.5) is 10.1 Å². The molecule has 0 atom stereocenters. The average molecular weight is 487 g/mol. The first kappa shape index (κ1) is 24.8. The molecule has 0 bridgehead atoms. The summed E-state index contributed by atoms with van der Waals surface area (Å²) < 4.78 is 40.8. The Hall–Kier alpha value is -2.84. The summed E-state index contributed by atoms with van der Waals surface area (Å²) in [5, 5.41) is 2.80. The number of halogens is 1. The number of hydrogen-bond acceptors (Lipinski definition) is 4. The number of rotatable bonds is 10. The summed E-state index contributed by atoms with van der Waals surface area (Å²) in [7, 11) is -4.05. The molecular weight excluding hydrogens is 459 g/mol. The molecule has 0 unspecified atom stereocenters.